The van der Waals surface area contributed by atoms with E-state index in [4.69, 9.17) is 5.26 Å². The molecule has 0 aliphatic heterocycles. The molecular formula is C7H9NO4. The highest BCUT2D eigenvalue weighted by atomic mass is 16.5. The fourth-order valence-electron chi connectivity index (χ4n) is 0.528. The van der Waals surface area contributed by atoms with Crippen molar-refractivity contribution in [2.75, 3.05) is 13.7 Å². The molecule has 5 nitrogen and oxygen atoms in total. The van der Waals surface area contributed by atoms with Crippen LogP contribution in [0, 0.1) is 11.3 Å². The van der Waals surface area contributed by atoms with Crippen LogP contribution < -0.4 is 0 Å². The van der Waals surface area contributed by atoms with Crippen molar-refractivity contribution in [1.29, 1.82) is 5.26 Å². The van der Waals surface area contributed by atoms with E-state index in [1.807, 2.05) is 0 Å². The molecule has 66 valence electrons. The molecule has 0 aromatic carbocycles. The van der Waals surface area contributed by atoms with Gasteiger partial charge in [0.25, 0.3) is 5.78 Å². The average Bonchev–Trinajstić information content (AvgIpc) is 2.07. The van der Waals surface area contributed by atoms with Crippen molar-refractivity contribution in [3.05, 3.63) is 0 Å². The average molecular weight is 171 g/mol. The van der Waals surface area contributed by atoms with Gasteiger partial charge in [-0.15, -0.1) is 0 Å². The predicted octanol–water partition coefficient (Wildman–Crippen LogP) is -0.343. The number of Topliss-reactive ketones (excluding diaryl/α,β-unsaturated/α-hetero) is 1. The van der Waals surface area contributed by atoms with E-state index in [9.17, 15) is 9.59 Å². The number of ketones is 1. The van der Waals surface area contributed by atoms with Crippen LogP contribution >= 0.6 is 0 Å². The molecule has 0 radical (unpaired) electrons. The Labute approximate surface area is 69.9 Å². The van der Waals surface area contributed by atoms with Crippen molar-refractivity contribution >= 4 is 11.8 Å². The molecule has 0 amide bonds. The first kappa shape index (κ1) is 10.6. The van der Waals surface area contributed by atoms with Gasteiger partial charge in [0.05, 0.1) is 6.61 Å². The third-order valence-corrected chi connectivity index (χ3v) is 1.07. The maximum atomic E-state index is 10.9. The Morgan fingerprint density at radius 3 is 2.50 bits per heavy atom. The normalized spacial score (nSPS) is 11.4. The van der Waals surface area contributed by atoms with E-state index in [1.54, 1.807) is 6.92 Å². The lowest BCUT2D eigenvalue weighted by atomic mass is 10.2. The summed E-state index contributed by atoms with van der Waals surface area (Å²) in [7, 11) is 1.17. The number of hydrogen-bond donors (Lipinski definition) is 0. The highest BCUT2D eigenvalue weighted by Gasteiger charge is 2.25. The minimum absolute atomic E-state index is 0.104. The number of carbonyl (C=O) groups is 2. The number of hydrogen-bond acceptors (Lipinski definition) is 5. The number of nitriles is 1. The molecule has 1 unspecified atom stereocenters. The lowest BCUT2D eigenvalue weighted by molar-refractivity contribution is -0.156. The van der Waals surface area contributed by atoms with Crippen LogP contribution in [0.2, 0.25) is 0 Å². The first-order valence-electron chi connectivity index (χ1n) is 3.30. The molecule has 0 aliphatic rings. The lowest BCUT2D eigenvalue weighted by Gasteiger charge is -2.03. The summed E-state index contributed by atoms with van der Waals surface area (Å²) in [5.41, 5.74) is 0. The number of ether oxygens (including phenoxy) is 2. The van der Waals surface area contributed by atoms with Gasteiger partial charge in [-0.1, -0.05) is 0 Å². The van der Waals surface area contributed by atoms with Crippen LogP contribution in [0.25, 0.3) is 0 Å². The molecule has 0 N–H and O–H groups in total. The molecule has 0 bridgehead atoms. The van der Waals surface area contributed by atoms with Gasteiger partial charge in [-0.05, 0) is 6.92 Å². The molecule has 0 saturated carbocycles. The smallest absolute Gasteiger partial charge is 0.378 e. The Kier molecular flexibility index (Phi) is 4.65. The van der Waals surface area contributed by atoms with Crippen LogP contribution in [0.15, 0.2) is 0 Å². The first-order valence-corrected chi connectivity index (χ1v) is 3.30. The van der Waals surface area contributed by atoms with Crippen LogP contribution in [-0.2, 0) is 19.1 Å². The molecule has 0 aliphatic carbocycles. The van der Waals surface area contributed by atoms with Gasteiger partial charge >= 0.3 is 5.97 Å². The van der Waals surface area contributed by atoms with Gasteiger partial charge in [-0.2, -0.15) is 5.26 Å². The zero-order valence-corrected chi connectivity index (χ0v) is 6.86. The van der Waals surface area contributed by atoms with Gasteiger partial charge in [-0.25, -0.2) is 4.79 Å². The molecule has 0 heterocycles. The number of methoxy groups -OCH3 is 1. The third-order valence-electron chi connectivity index (χ3n) is 1.07. The van der Waals surface area contributed by atoms with E-state index in [0.717, 1.165) is 0 Å². The minimum atomic E-state index is -1.36. The van der Waals surface area contributed by atoms with Crippen molar-refractivity contribution < 1.29 is 19.1 Å². The van der Waals surface area contributed by atoms with Gasteiger partial charge in [0.2, 0.25) is 6.10 Å². The summed E-state index contributed by atoms with van der Waals surface area (Å²) in [4.78, 5) is 21.6. The number of esters is 1. The van der Waals surface area contributed by atoms with Crippen LogP contribution in [-0.4, -0.2) is 31.6 Å². The quantitative estimate of drug-likeness (QED) is 0.427. The summed E-state index contributed by atoms with van der Waals surface area (Å²) in [6.45, 7) is 1.67. The summed E-state index contributed by atoms with van der Waals surface area (Å²) in [6, 6.07) is 1.52. The molecule has 0 aromatic heterocycles. The summed E-state index contributed by atoms with van der Waals surface area (Å²) < 4.78 is 8.79. The maximum Gasteiger partial charge on any atom is 0.378 e. The zero-order valence-electron chi connectivity index (χ0n) is 6.86. The summed E-state index contributed by atoms with van der Waals surface area (Å²) in [5.74, 6) is -2.01. The zero-order chi connectivity index (χ0) is 9.56. The Morgan fingerprint density at radius 2 is 2.17 bits per heavy atom. The van der Waals surface area contributed by atoms with Crippen molar-refractivity contribution in [1.82, 2.24) is 0 Å². The highest BCUT2D eigenvalue weighted by molar-refractivity contribution is 6.36. The minimum Gasteiger partial charge on any atom is -0.460 e. The second-order valence-electron chi connectivity index (χ2n) is 1.83. The molecule has 0 saturated heterocycles. The first-order chi connectivity index (χ1) is 5.67. The van der Waals surface area contributed by atoms with E-state index in [-0.39, 0.29) is 6.61 Å². The van der Waals surface area contributed by atoms with Crippen LogP contribution in [0.3, 0.4) is 0 Å². The second kappa shape index (κ2) is 5.27. The Morgan fingerprint density at radius 1 is 1.58 bits per heavy atom. The van der Waals surface area contributed by atoms with Crippen LogP contribution in [0.4, 0.5) is 0 Å². The fourth-order valence-corrected chi connectivity index (χ4v) is 0.528. The molecule has 0 rings (SSSR count). The molecule has 0 spiro atoms. The summed E-state index contributed by atoms with van der Waals surface area (Å²) in [6.07, 6.45) is -1.36. The van der Waals surface area contributed by atoms with Gasteiger partial charge in [-0.3, -0.25) is 4.79 Å². The maximum absolute atomic E-state index is 10.9. The lowest BCUT2D eigenvalue weighted by Crippen LogP contribution is -2.30. The highest BCUT2D eigenvalue weighted by Crippen LogP contribution is 1.92. The van der Waals surface area contributed by atoms with Crippen LogP contribution in [0.5, 0.6) is 0 Å². The monoisotopic (exact) mass is 171 g/mol. The van der Waals surface area contributed by atoms with E-state index < -0.39 is 17.9 Å². The van der Waals surface area contributed by atoms with Gasteiger partial charge in [0.15, 0.2) is 0 Å². The molecule has 5 heteroatoms. The SMILES string of the molecule is CCOC(=O)C(=O)C(C#N)OC. The number of nitrogens with zero attached hydrogens (tertiary/aromatic N) is 1. The van der Waals surface area contributed by atoms with Crippen LogP contribution in [0.1, 0.15) is 6.92 Å². The van der Waals surface area contributed by atoms with E-state index >= 15 is 0 Å². The molecule has 0 fully saturated rings. The standard InChI is InChI=1S/C7H9NO4/c1-3-12-7(10)6(9)5(4-8)11-2/h5H,3H2,1-2H3. The van der Waals surface area contributed by atoms with Gasteiger partial charge in [0, 0.05) is 7.11 Å². The summed E-state index contributed by atoms with van der Waals surface area (Å²) in [5, 5.41) is 8.31. The Hall–Kier alpha value is -1.41. The molecule has 1 atom stereocenters. The molecule has 12 heavy (non-hydrogen) atoms. The fraction of sp³-hybridized carbons (Fsp3) is 0.571. The number of rotatable bonds is 4. The van der Waals surface area contributed by atoms with E-state index in [2.05, 4.69) is 9.47 Å². The third kappa shape index (κ3) is 2.68. The van der Waals surface area contributed by atoms with E-state index in [0.29, 0.717) is 0 Å². The van der Waals surface area contributed by atoms with Gasteiger partial charge < -0.3 is 9.47 Å². The van der Waals surface area contributed by atoms with Crippen molar-refractivity contribution in [2.45, 2.75) is 13.0 Å². The second-order valence-corrected chi connectivity index (χ2v) is 1.83. The molecule has 0 aromatic rings. The Balaban J connectivity index is 4.19. The van der Waals surface area contributed by atoms with Crippen molar-refractivity contribution in [2.24, 2.45) is 0 Å². The van der Waals surface area contributed by atoms with Crippen molar-refractivity contribution in [3.8, 4) is 6.07 Å². The van der Waals surface area contributed by atoms with Crippen molar-refractivity contribution in [3.63, 3.8) is 0 Å². The van der Waals surface area contributed by atoms with E-state index in [1.165, 1.54) is 13.2 Å². The number of carbonyl (C=O) groups excluding carboxylic acids is 2. The predicted molar refractivity (Wildman–Crippen MR) is 38.1 cm³/mol. The van der Waals surface area contributed by atoms with Gasteiger partial charge in [0.1, 0.15) is 6.07 Å². The summed E-state index contributed by atoms with van der Waals surface area (Å²) >= 11 is 0. The largest absolute Gasteiger partial charge is 0.460 e. The topological polar surface area (TPSA) is 76.4 Å². The Bertz CT molecular complexity index is 218. The molecular weight excluding hydrogens is 162 g/mol.